The van der Waals surface area contributed by atoms with Gasteiger partial charge in [-0.2, -0.15) is 0 Å². The van der Waals surface area contributed by atoms with Crippen LogP contribution in [-0.4, -0.2) is 21.9 Å². The van der Waals surface area contributed by atoms with Gasteiger partial charge in [0.2, 0.25) is 0 Å². The Kier molecular flexibility index (Phi) is 2.04. The number of hydrogen-bond acceptors (Lipinski definition) is 2. The van der Waals surface area contributed by atoms with Gasteiger partial charge in [0.1, 0.15) is 0 Å². The van der Waals surface area contributed by atoms with Gasteiger partial charge in [-0.15, -0.1) is 0 Å². The van der Waals surface area contributed by atoms with E-state index in [1.807, 2.05) is 13.8 Å². The van der Waals surface area contributed by atoms with E-state index < -0.39 is 5.60 Å². The lowest BCUT2D eigenvalue weighted by Gasteiger charge is -2.62. The van der Waals surface area contributed by atoms with Crippen molar-refractivity contribution in [1.82, 2.24) is 0 Å². The number of rotatable bonds is 0. The molecule has 0 spiro atoms. The largest absolute Gasteiger partial charge is 0.392 e. The van der Waals surface area contributed by atoms with Crippen LogP contribution >= 0.6 is 0 Å². The smallest absolute Gasteiger partial charge is 0.0750 e. The minimum atomic E-state index is -0.712. The van der Waals surface area contributed by atoms with Crippen molar-refractivity contribution in [2.75, 3.05) is 0 Å². The lowest BCUT2D eigenvalue weighted by molar-refractivity contribution is -0.243. The molecule has 2 nitrogen and oxygen atoms in total. The highest BCUT2D eigenvalue weighted by molar-refractivity contribution is 5.12. The fourth-order valence-corrected chi connectivity index (χ4v) is 3.66. The summed E-state index contributed by atoms with van der Waals surface area (Å²) in [5.74, 6) is 0. The molecule has 4 atom stereocenters. The second-order valence-corrected chi connectivity index (χ2v) is 5.96. The average molecular weight is 198 g/mol. The maximum Gasteiger partial charge on any atom is 0.0750 e. The van der Waals surface area contributed by atoms with Crippen LogP contribution in [0.25, 0.3) is 0 Å². The van der Waals surface area contributed by atoms with E-state index in [9.17, 15) is 10.2 Å². The molecule has 2 heteroatoms. The van der Waals surface area contributed by atoms with Crippen LogP contribution < -0.4 is 0 Å². The molecule has 2 rings (SSSR count). The first-order valence-corrected chi connectivity index (χ1v) is 5.74. The van der Waals surface area contributed by atoms with Gasteiger partial charge in [-0.1, -0.05) is 20.3 Å². The molecule has 2 aliphatic rings. The Hall–Kier alpha value is -0.0800. The van der Waals surface area contributed by atoms with Crippen LogP contribution in [0.15, 0.2) is 0 Å². The van der Waals surface area contributed by atoms with Crippen LogP contribution in [0, 0.1) is 10.8 Å². The van der Waals surface area contributed by atoms with Crippen molar-refractivity contribution >= 4 is 0 Å². The highest BCUT2D eigenvalue weighted by atomic mass is 16.3. The summed E-state index contributed by atoms with van der Waals surface area (Å²) in [6.45, 7) is 6.15. The predicted molar refractivity (Wildman–Crippen MR) is 55.9 cm³/mol. The molecular weight excluding hydrogens is 176 g/mol. The molecule has 2 fully saturated rings. The summed E-state index contributed by atoms with van der Waals surface area (Å²) >= 11 is 0. The topological polar surface area (TPSA) is 40.5 Å². The molecule has 2 saturated carbocycles. The Bertz CT molecular complexity index is 246. The van der Waals surface area contributed by atoms with Gasteiger partial charge in [0.15, 0.2) is 0 Å². The minimum Gasteiger partial charge on any atom is -0.392 e. The summed E-state index contributed by atoms with van der Waals surface area (Å²) in [7, 11) is 0. The summed E-state index contributed by atoms with van der Waals surface area (Å²) in [4.78, 5) is 0. The van der Waals surface area contributed by atoms with Crippen molar-refractivity contribution in [1.29, 1.82) is 0 Å². The molecule has 0 aromatic heterocycles. The van der Waals surface area contributed by atoms with Crippen molar-refractivity contribution in [3.63, 3.8) is 0 Å². The summed E-state index contributed by atoms with van der Waals surface area (Å²) < 4.78 is 0. The van der Waals surface area contributed by atoms with Crippen molar-refractivity contribution in [2.45, 2.75) is 64.6 Å². The van der Waals surface area contributed by atoms with Crippen LogP contribution in [-0.2, 0) is 0 Å². The lowest BCUT2D eigenvalue weighted by Crippen LogP contribution is -2.65. The molecule has 82 valence electrons. The predicted octanol–water partition coefficient (Wildman–Crippen LogP) is 2.09. The zero-order valence-corrected chi connectivity index (χ0v) is 9.51. The van der Waals surface area contributed by atoms with E-state index in [0.29, 0.717) is 0 Å². The van der Waals surface area contributed by atoms with Gasteiger partial charge >= 0.3 is 0 Å². The summed E-state index contributed by atoms with van der Waals surface area (Å²) in [6.07, 6.45) is 4.67. The van der Waals surface area contributed by atoms with Crippen LogP contribution in [0.4, 0.5) is 0 Å². The molecule has 0 radical (unpaired) electrons. The lowest BCUT2D eigenvalue weighted by atomic mass is 9.46. The molecule has 2 N–H and O–H groups in total. The Morgan fingerprint density at radius 2 is 1.71 bits per heavy atom. The van der Waals surface area contributed by atoms with E-state index in [1.54, 1.807) is 0 Å². The van der Waals surface area contributed by atoms with Crippen LogP contribution in [0.2, 0.25) is 0 Å². The van der Waals surface area contributed by atoms with E-state index in [-0.39, 0.29) is 16.9 Å². The Balaban J connectivity index is 2.44. The average Bonchev–Trinajstić information content (AvgIpc) is 2.09. The van der Waals surface area contributed by atoms with Gasteiger partial charge in [-0.25, -0.2) is 0 Å². The SMILES string of the molecule is C[C@@]12CCC[C@@](C)([C@H](O)CC1)[C@]2(C)O. The zero-order valence-electron chi connectivity index (χ0n) is 9.51. The van der Waals surface area contributed by atoms with Crippen molar-refractivity contribution in [2.24, 2.45) is 10.8 Å². The summed E-state index contributed by atoms with van der Waals surface area (Å²) in [6, 6.07) is 0. The van der Waals surface area contributed by atoms with E-state index in [1.165, 1.54) is 0 Å². The number of hydrogen-bond donors (Lipinski definition) is 2. The van der Waals surface area contributed by atoms with E-state index >= 15 is 0 Å². The molecule has 0 amide bonds. The quantitative estimate of drug-likeness (QED) is 0.625. The highest BCUT2D eigenvalue weighted by Gasteiger charge is 2.62. The second kappa shape index (κ2) is 2.73. The third-order valence-corrected chi connectivity index (χ3v) is 5.42. The Labute approximate surface area is 86.3 Å². The zero-order chi connectivity index (χ0) is 10.6. The van der Waals surface area contributed by atoms with Crippen molar-refractivity contribution in [3.05, 3.63) is 0 Å². The third kappa shape index (κ3) is 0.989. The normalized spacial score (nSPS) is 58.5. The van der Waals surface area contributed by atoms with E-state index in [2.05, 4.69) is 6.92 Å². The highest BCUT2D eigenvalue weighted by Crippen LogP contribution is 2.61. The fraction of sp³-hybridized carbons (Fsp3) is 1.00. The Morgan fingerprint density at radius 1 is 1.07 bits per heavy atom. The first kappa shape index (κ1) is 10.4. The number of aliphatic hydroxyl groups is 2. The van der Waals surface area contributed by atoms with Gasteiger partial charge in [0, 0.05) is 5.41 Å². The first-order chi connectivity index (χ1) is 6.33. The molecule has 0 unspecified atom stereocenters. The Morgan fingerprint density at radius 3 is 2.29 bits per heavy atom. The molecule has 0 heterocycles. The van der Waals surface area contributed by atoms with E-state index in [4.69, 9.17) is 0 Å². The van der Waals surface area contributed by atoms with Crippen molar-refractivity contribution < 1.29 is 10.2 Å². The molecular formula is C12H22O2. The maximum absolute atomic E-state index is 10.7. The molecule has 2 aliphatic carbocycles. The van der Waals surface area contributed by atoms with Gasteiger partial charge in [-0.3, -0.25) is 0 Å². The van der Waals surface area contributed by atoms with Crippen molar-refractivity contribution in [3.8, 4) is 0 Å². The minimum absolute atomic E-state index is 0.0131. The standard InChI is InChI=1S/C12H22O2/c1-10-6-4-7-11(2,12(10,3)14)9(13)5-8-10/h9,13-14H,4-8H2,1-3H3/t9-,10-,11+,12-/m1/s1. The first-order valence-electron chi connectivity index (χ1n) is 5.74. The summed E-state index contributed by atoms with van der Waals surface area (Å²) in [5.41, 5.74) is -0.993. The fourth-order valence-electron chi connectivity index (χ4n) is 3.66. The molecule has 0 aromatic carbocycles. The van der Waals surface area contributed by atoms with Crippen LogP contribution in [0.1, 0.15) is 52.9 Å². The maximum atomic E-state index is 10.7. The third-order valence-electron chi connectivity index (χ3n) is 5.42. The molecule has 0 saturated heterocycles. The van der Waals surface area contributed by atoms with E-state index in [0.717, 1.165) is 32.1 Å². The van der Waals surface area contributed by atoms with Gasteiger partial charge in [0.25, 0.3) is 0 Å². The molecule has 0 aliphatic heterocycles. The molecule has 2 bridgehead atoms. The number of aliphatic hydroxyl groups excluding tert-OH is 1. The summed E-state index contributed by atoms with van der Waals surface area (Å²) in [5, 5.41) is 20.8. The van der Waals surface area contributed by atoms with Crippen LogP contribution in [0.5, 0.6) is 0 Å². The molecule has 0 aromatic rings. The van der Waals surface area contributed by atoms with Crippen LogP contribution in [0.3, 0.4) is 0 Å². The monoisotopic (exact) mass is 198 g/mol. The van der Waals surface area contributed by atoms with Gasteiger partial charge in [0.05, 0.1) is 11.7 Å². The number of fused-ring (bicyclic) bond motifs is 2. The molecule has 14 heavy (non-hydrogen) atoms. The second-order valence-electron chi connectivity index (χ2n) is 5.96. The van der Waals surface area contributed by atoms with Gasteiger partial charge < -0.3 is 10.2 Å². The van der Waals surface area contributed by atoms with Gasteiger partial charge in [-0.05, 0) is 38.0 Å².